The number of halogens is 1. The van der Waals surface area contributed by atoms with Gasteiger partial charge in [-0.2, -0.15) is 0 Å². The molecule has 2 heterocycles. The van der Waals surface area contributed by atoms with Crippen molar-refractivity contribution in [3.05, 3.63) is 99.8 Å². The maximum atomic E-state index is 13.6. The van der Waals surface area contributed by atoms with E-state index in [9.17, 15) is 4.79 Å². The van der Waals surface area contributed by atoms with Crippen molar-refractivity contribution < 1.29 is 4.79 Å². The average molecular weight is 586 g/mol. The van der Waals surface area contributed by atoms with Crippen molar-refractivity contribution in [2.45, 2.75) is 51.2 Å². The van der Waals surface area contributed by atoms with Gasteiger partial charge >= 0.3 is 0 Å². The predicted octanol–water partition coefficient (Wildman–Crippen LogP) is 4.84. The summed E-state index contributed by atoms with van der Waals surface area (Å²) in [6.07, 6.45) is 5.13. The third-order valence-electron chi connectivity index (χ3n) is 8.31. The molecular formula is C33H40ClN7O. The zero-order valence-electron chi connectivity index (χ0n) is 24.2. The Morgan fingerprint density at radius 1 is 1.05 bits per heavy atom. The van der Waals surface area contributed by atoms with Gasteiger partial charge in [-0.05, 0) is 80.7 Å². The second kappa shape index (κ2) is 13.5. The van der Waals surface area contributed by atoms with E-state index in [0.717, 1.165) is 60.3 Å². The van der Waals surface area contributed by atoms with Crippen LogP contribution in [0.2, 0.25) is 5.02 Å². The van der Waals surface area contributed by atoms with Crippen LogP contribution in [-0.4, -0.2) is 63.8 Å². The molecule has 4 aromatic rings. The topological polar surface area (TPSA) is 117 Å². The van der Waals surface area contributed by atoms with Crippen LogP contribution in [0.25, 0.3) is 11.0 Å². The van der Waals surface area contributed by atoms with Crippen LogP contribution in [0.4, 0.5) is 0 Å². The maximum absolute atomic E-state index is 13.6. The van der Waals surface area contributed by atoms with Gasteiger partial charge in [-0.3, -0.25) is 10.2 Å². The molecular weight excluding hydrogens is 546 g/mol. The molecule has 42 heavy (non-hydrogen) atoms. The second-order valence-electron chi connectivity index (χ2n) is 11.2. The molecule has 220 valence electrons. The van der Waals surface area contributed by atoms with Gasteiger partial charge in [0.25, 0.3) is 5.91 Å². The monoisotopic (exact) mass is 585 g/mol. The van der Waals surface area contributed by atoms with Gasteiger partial charge in [0.2, 0.25) is 0 Å². The molecule has 1 aliphatic rings. The number of imidazole rings is 1. The first kappa shape index (κ1) is 29.8. The SMILES string of the molecule is CN1CCCC1CCn1c(CCc2ccc(C(=N)N)cc2)nc2cc(C(=O)N(CCN)Cc3ccc(Cl)cc3)ccc21. The zero-order chi connectivity index (χ0) is 29.6. The maximum Gasteiger partial charge on any atom is 0.254 e. The van der Waals surface area contributed by atoms with Crippen molar-refractivity contribution in [2.75, 3.05) is 26.7 Å². The van der Waals surface area contributed by atoms with Crippen LogP contribution in [0.3, 0.4) is 0 Å². The van der Waals surface area contributed by atoms with Crippen molar-refractivity contribution in [1.29, 1.82) is 5.41 Å². The number of carbonyl (C=O) groups excluding carboxylic acids is 1. The Balaban J connectivity index is 1.40. The number of amides is 1. The number of aryl methyl sites for hydroxylation is 3. The Morgan fingerprint density at radius 3 is 2.43 bits per heavy atom. The van der Waals surface area contributed by atoms with E-state index in [-0.39, 0.29) is 11.7 Å². The molecule has 8 nitrogen and oxygen atoms in total. The Kier molecular flexibility index (Phi) is 9.57. The number of hydrogen-bond acceptors (Lipinski definition) is 5. The number of nitrogen functional groups attached to an aromatic ring is 1. The molecule has 0 aliphatic carbocycles. The molecule has 1 fully saturated rings. The number of fused-ring (bicyclic) bond motifs is 1. The van der Waals surface area contributed by atoms with Gasteiger partial charge in [0.05, 0.1) is 11.0 Å². The van der Waals surface area contributed by atoms with E-state index in [0.29, 0.717) is 36.3 Å². The van der Waals surface area contributed by atoms with Crippen LogP contribution < -0.4 is 11.5 Å². The lowest BCUT2D eigenvalue weighted by atomic mass is 10.1. The minimum Gasteiger partial charge on any atom is -0.384 e. The quantitative estimate of drug-likeness (QED) is 0.162. The number of likely N-dealkylation sites (tertiary alicyclic amines) is 1. The van der Waals surface area contributed by atoms with E-state index in [2.05, 4.69) is 16.5 Å². The molecule has 1 aromatic heterocycles. The molecule has 5 rings (SSSR count). The highest BCUT2D eigenvalue weighted by atomic mass is 35.5. The lowest BCUT2D eigenvalue weighted by Gasteiger charge is -2.22. The predicted molar refractivity (Wildman–Crippen MR) is 170 cm³/mol. The van der Waals surface area contributed by atoms with Gasteiger partial charge in [-0.1, -0.05) is 48.0 Å². The molecule has 0 spiro atoms. The fourth-order valence-corrected chi connectivity index (χ4v) is 6.01. The summed E-state index contributed by atoms with van der Waals surface area (Å²) in [4.78, 5) is 22.9. The zero-order valence-corrected chi connectivity index (χ0v) is 25.0. The van der Waals surface area contributed by atoms with Crippen LogP contribution in [-0.2, 0) is 25.9 Å². The third-order valence-corrected chi connectivity index (χ3v) is 8.56. The summed E-state index contributed by atoms with van der Waals surface area (Å²) in [6.45, 7) is 3.33. The van der Waals surface area contributed by atoms with Crippen molar-refractivity contribution >= 4 is 34.4 Å². The summed E-state index contributed by atoms with van der Waals surface area (Å²) in [5.74, 6) is 1.03. The van der Waals surface area contributed by atoms with Gasteiger partial charge in [-0.15, -0.1) is 0 Å². The number of nitrogens with zero attached hydrogens (tertiary/aromatic N) is 4. The molecule has 9 heteroatoms. The van der Waals surface area contributed by atoms with Crippen LogP contribution in [0, 0.1) is 5.41 Å². The Morgan fingerprint density at radius 2 is 1.76 bits per heavy atom. The molecule has 0 saturated carbocycles. The highest BCUT2D eigenvalue weighted by molar-refractivity contribution is 6.30. The first-order valence-electron chi connectivity index (χ1n) is 14.7. The van der Waals surface area contributed by atoms with E-state index >= 15 is 0 Å². The number of nitrogens with one attached hydrogen (secondary N) is 1. The van der Waals surface area contributed by atoms with Crippen molar-refractivity contribution in [3.8, 4) is 0 Å². The standard InChI is InChI=1S/C33H40ClN7O/c1-39-18-2-3-28(39)16-19-41-30-14-11-26(33(42)40(20-17-35)22-24-6-12-27(34)13-7-24)21-29(30)38-31(41)15-8-23-4-9-25(10-5-23)32(36)37/h4-7,9-14,21,28H,2-3,8,15-20,22,35H2,1H3,(H3,36,37). The molecule has 1 amide bonds. The number of rotatable bonds is 12. The molecule has 1 unspecified atom stereocenters. The Hall–Kier alpha value is -3.72. The fraction of sp³-hybridized carbons (Fsp3) is 0.364. The number of aromatic nitrogens is 2. The number of benzene rings is 3. The Labute approximate surface area is 252 Å². The number of nitrogens with two attached hydrogens (primary N) is 2. The molecule has 1 aliphatic heterocycles. The van der Waals surface area contributed by atoms with Gasteiger partial charge in [-0.25, -0.2) is 4.98 Å². The van der Waals surface area contributed by atoms with Crippen LogP contribution in [0.1, 0.15) is 52.1 Å². The average Bonchev–Trinajstić information content (AvgIpc) is 3.57. The van der Waals surface area contributed by atoms with E-state index in [1.807, 2.05) is 66.7 Å². The van der Waals surface area contributed by atoms with Crippen LogP contribution in [0.5, 0.6) is 0 Å². The lowest BCUT2D eigenvalue weighted by Crippen LogP contribution is -2.34. The van der Waals surface area contributed by atoms with E-state index in [1.165, 1.54) is 18.4 Å². The number of carbonyl (C=O) groups is 1. The smallest absolute Gasteiger partial charge is 0.254 e. The molecule has 0 bridgehead atoms. The lowest BCUT2D eigenvalue weighted by molar-refractivity contribution is 0.0748. The van der Waals surface area contributed by atoms with Crippen LogP contribution >= 0.6 is 11.6 Å². The minimum atomic E-state index is -0.0634. The molecule has 3 aromatic carbocycles. The van der Waals surface area contributed by atoms with E-state index in [4.69, 9.17) is 33.5 Å². The second-order valence-corrected chi connectivity index (χ2v) is 11.6. The number of amidine groups is 1. The summed E-state index contributed by atoms with van der Waals surface area (Å²) in [7, 11) is 2.21. The Bertz CT molecular complexity index is 1530. The first-order valence-corrected chi connectivity index (χ1v) is 15.1. The highest BCUT2D eigenvalue weighted by Gasteiger charge is 2.22. The fourth-order valence-electron chi connectivity index (χ4n) is 5.88. The molecule has 1 atom stereocenters. The third kappa shape index (κ3) is 7.01. The largest absolute Gasteiger partial charge is 0.384 e. The summed E-state index contributed by atoms with van der Waals surface area (Å²) >= 11 is 6.05. The summed E-state index contributed by atoms with van der Waals surface area (Å²) in [6, 6.07) is 21.9. The molecule has 0 radical (unpaired) electrons. The van der Waals surface area contributed by atoms with Gasteiger partial charge < -0.3 is 25.8 Å². The van der Waals surface area contributed by atoms with Crippen molar-refractivity contribution in [3.63, 3.8) is 0 Å². The van der Waals surface area contributed by atoms with E-state index in [1.54, 1.807) is 4.90 Å². The van der Waals surface area contributed by atoms with Gasteiger partial charge in [0, 0.05) is 54.8 Å². The van der Waals surface area contributed by atoms with Gasteiger partial charge in [0.15, 0.2) is 0 Å². The van der Waals surface area contributed by atoms with Gasteiger partial charge in [0.1, 0.15) is 11.7 Å². The summed E-state index contributed by atoms with van der Waals surface area (Å²) < 4.78 is 2.34. The van der Waals surface area contributed by atoms with Crippen LogP contribution in [0.15, 0.2) is 66.7 Å². The number of hydrogen-bond donors (Lipinski definition) is 3. The van der Waals surface area contributed by atoms with Crippen molar-refractivity contribution in [1.82, 2.24) is 19.4 Å². The molecule has 5 N–H and O–H groups in total. The molecule has 1 saturated heterocycles. The normalized spacial score (nSPS) is 15.4. The summed E-state index contributed by atoms with van der Waals surface area (Å²) in [5.41, 5.74) is 16.9. The van der Waals surface area contributed by atoms with E-state index < -0.39 is 0 Å². The van der Waals surface area contributed by atoms with Crippen molar-refractivity contribution in [2.24, 2.45) is 11.5 Å². The summed E-state index contributed by atoms with van der Waals surface area (Å²) in [5, 5.41) is 8.31. The minimum absolute atomic E-state index is 0.0634. The highest BCUT2D eigenvalue weighted by Crippen LogP contribution is 2.24. The first-order chi connectivity index (χ1) is 20.3.